The molecule has 3 heteroatoms. The van der Waals surface area contributed by atoms with E-state index < -0.39 is 0 Å². The van der Waals surface area contributed by atoms with E-state index in [1.165, 1.54) is 5.56 Å². The van der Waals surface area contributed by atoms with Gasteiger partial charge in [0.2, 0.25) is 0 Å². The Hall–Kier alpha value is -2.13. The lowest BCUT2D eigenvalue weighted by atomic mass is 9.98. The van der Waals surface area contributed by atoms with E-state index >= 15 is 0 Å². The van der Waals surface area contributed by atoms with Crippen LogP contribution in [0.5, 0.6) is 0 Å². The van der Waals surface area contributed by atoms with Crippen molar-refractivity contribution in [1.29, 1.82) is 0 Å². The van der Waals surface area contributed by atoms with Gasteiger partial charge in [0.15, 0.2) is 0 Å². The first-order chi connectivity index (χ1) is 8.75. The fourth-order valence-electron chi connectivity index (χ4n) is 2.21. The van der Waals surface area contributed by atoms with Crippen LogP contribution in [0.2, 0.25) is 0 Å². The minimum Gasteiger partial charge on any atom is -0.324 e. The van der Waals surface area contributed by atoms with Crippen molar-refractivity contribution < 1.29 is 0 Å². The fourth-order valence-corrected chi connectivity index (χ4v) is 2.21. The van der Waals surface area contributed by atoms with Crippen LogP contribution in [0.25, 0.3) is 16.8 Å². The van der Waals surface area contributed by atoms with E-state index in [1.807, 2.05) is 35.7 Å². The predicted molar refractivity (Wildman–Crippen MR) is 73.2 cm³/mol. The lowest BCUT2D eigenvalue weighted by Crippen LogP contribution is -2.07. The van der Waals surface area contributed by atoms with Gasteiger partial charge in [-0.25, -0.2) is 4.98 Å². The third-order valence-corrected chi connectivity index (χ3v) is 3.14. The average Bonchev–Trinajstić information content (AvgIpc) is 2.85. The van der Waals surface area contributed by atoms with Crippen molar-refractivity contribution in [1.82, 2.24) is 9.38 Å². The third kappa shape index (κ3) is 1.79. The summed E-state index contributed by atoms with van der Waals surface area (Å²) in [5.41, 5.74) is 10.5. The Morgan fingerprint density at radius 1 is 1.22 bits per heavy atom. The number of rotatable bonds is 2. The van der Waals surface area contributed by atoms with Gasteiger partial charge in [-0.05, 0) is 24.1 Å². The largest absolute Gasteiger partial charge is 0.324 e. The van der Waals surface area contributed by atoms with Gasteiger partial charge in [-0.15, -0.1) is 0 Å². The summed E-state index contributed by atoms with van der Waals surface area (Å²) in [5, 5.41) is 0. The van der Waals surface area contributed by atoms with Gasteiger partial charge in [0.1, 0.15) is 5.65 Å². The van der Waals surface area contributed by atoms with Crippen molar-refractivity contribution in [2.45, 2.75) is 13.0 Å². The summed E-state index contributed by atoms with van der Waals surface area (Å²) in [6.07, 6.45) is 5.85. The van der Waals surface area contributed by atoms with Crippen molar-refractivity contribution in [2.75, 3.05) is 0 Å². The zero-order valence-electron chi connectivity index (χ0n) is 10.2. The molecular weight excluding hydrogens is 222 g/mol. The first-order valence-corrected chi connectivity index (χ1v) is 6.03. The molecule has 0 bridgehead atoms. The normalized spacial score (nSPS) is 12.8. The Labute approximate surface area is 106 Å². The number of nitrogens with zero attached hydrogens (tertiary/aromatic N) is 2. The molecule has 1 atom stereocenters. The molecule has 0 aliphatic carbocycles. The van der Waals surface area contributed by atoms with Crippen LogP contribution in [0, 0.1) is 0 Å². The van der Waals surface area contributed by atoms with Crippen LogP contribution >= 0.6 is 0 Å². The van der Waals surface area contributed by atoms with Gasteiger partial charge in [-0.2, -0.15) is 0 Å². The number of hydrogen-bond acceptors (Lipinski definition) is 2. The molecule has 1 aromatic carbocycles. The van der Waals surface area contributed by atoms with Crippen LogP contribution in [0.4, 0.5) is 0 Å². The van der Waals surface area contributed by atoms with E-state index in [0.717, 1.165) is 16.8 Å². The summed E-state index contributed by atoms with van der Waals surface area (Å²) in [6, 6.07) is 12.4. The first-order valence-electron chi connectivity index (χ1n) is 6.03. The summed E-state index contributed by atoms with van der Waals surface area (Å²) in [6.45, 7) is 2.00. The molecule has 0 saturated heterocycles. The summed E-state index contributed by atoms with van der Waals surface area (Å²) in [4.78, 5) is 4.30. The average molecular weight is 237 g/mol. The number of benzene rings is 1. The van der Waals surface area contributed by atoms with Gasteiger partial charge in [-0.3, -0.25) is 0 Å². The molecule has 2 N–H and O–H groups in total. The molecule has 90 valence electrons. The highest BCUT2D eigenvalue weighted by atomic mass is 15.0. The molecule has 2 heterocycles. The maximum Gasteiger partial charge on any atom is 0.136 e. The molecule has 0 saturated carbocycles. The summed E-state index contributed by atoms with van der Waals surface area (Å²) in [7, 11) is 0. The molecule has 0 spiro atoms. The topological polar surface area (TPSA) is 43.3 Å². The zero-order valence-corrected chi connectivity index (χ0v) is 10.2. The quantitative estimate of drug-likeness (QED) is 0.744. The molecule has 0 fully saturated rings. The van der Waals surface area contributed by atoms with E-state index in [-0.39, 0.29) is 6.04 Å². The monoisotopic (exact) mass is 237 g/mol. The lowest BCUT2D eigenvalue weighted by molar-refractivity contribution is 0.818. The summed E-state index contributed by atoms with van der Waals surface area (Å²) in [5.74, 6) is 0. The number of pyridine rings is 1. The third-order valence-electron chi connectivity index (χ3n) is 3.14. The Morgan fingerprint density at radius 3 is 2.72 bits per heavy atom. The highest BCUT2D eigenvalue weighted by Gasteiger charge is 2.11. The second-order valence-electron chi connectivity index (χ2n) is 4.49. The Morgan fingerprint density at radius 2 is 2.00 bits per heavy atom. The van der Waals surface area contributed by atoms with Crippen LogP contribution < -0.4 is 5.73 Å². The second kappa shape index (κ2) is 4.27. The van der Waals surface area contributed by atoms with Crippen LogP contribution in [-0.2, 0) is 0 Å². The highest BCUT2D eigenvalue weighted by molar-refractivity contribution is 5.69. The first kappa shape index (κ1) is 11.0. The van der Waals surface area contributed by atoms with Gasteiger partial charge in [0.25, 0.3) is 0 Å². The minimum atomic E-state index is -0.0121. The van der Waals surface area contributed by atoms with E-state index in [4.69, 9.17) is 5.73 Å². The Balaban J connectivity index is 2.28. The maximum absolute atomic E-state index is 6.07. The van der Waals surface area contributed by atoms with E-state index in [1.54, 1.807) is 6.20 Å². The minimum absolute atomic E-state index is 0.0121. The highest BCUT2D eigenvalue weighted by Crippen LogP contribution is 2.28. The van der Waals surface area contributed by atoms with Crippen molar-refractivity contribution in [3.05, 3.63) is 60.6 Å². The molecule has 3 aromatic rings. The summed E-state index contributed by atoms with van der Waals surface area (Å²) < 4.78 is 2.02. The van der Waals surface area contributed by atoms with Gasteiger partial charge < -0.3 is 10.1 Å². The molecule has 0 radical (unpaired) electrons. The van der Waals surface area contributed by atoms with Gasteiger partial charge in [-0.1, -0.05) is 30.3 Å². The van der Waals surface area contributed by atoms with Crippen molar-refractivity contribution >= 4 is 5.65 Å². The SMILES string of the molecule is C[C@H](N)c1cc2nccn2cc1-c1ccccc1. The number of hydrogen-bond donors (Lipinski definition) is 1. The standard InChI is InChI=1S/C15H15N3/c1-11(16)13-9-15-17-7-8-18(15)10-14(13)12-5-3-2-4-6-12/h2-11H,16H2,1H3/t11-/m0/s1. The fraction of sp³-hybridized carbons (Fsp3) is 0.133. The number of imidazole rings is 1. The van der Waals surface area contributed by atoms with Gasteiger partial charge in [0.05, 0.1) is 0 Å². The number of nitrogens with two attached hydrogens (primary N) is 1. The smallest absolute Gasteiger partial charge is 0.136 e. The number of fused-ring (bicyclic) bond motifs is 1. The van der Waals surface area contributed by atoms with Crippen molar-refractivity contribution in [2.24, 2.45) is 5.73 Å². The molecule has 0 aliphatic heterocycles. The van der Waals surface area contributed by atoms with Crippen molar-refractivity contribution in [3.8, 4) is 11.1 Å². The maximum atomic E-state index is 6.07. The molecule has 0 amide bonds. The van der Waals surface area contributed by atoms with Gasteiger partial charge in [0, 0.05) is 30.2 Å². The van der Waals surface area contributed by atoms with E-state index in [9.17, 15) is 0 Å². The van der Waals surface area contributed by atoms with Gasteiger partial charge >= 0.3 is 0 Å². The van der Waals surface area contributed by atoms with Crippen molar-refractivity contribution in [3.63, 3.8) is 0 Å². The zero-order chi connectivity index (χ0) is 12.5. The summed E-state index contributed by atoms with van der Waals surface area (Å²) >= 11 is 0. The van der Waals surface area contributed by atoms with Crippen LogP contribution in [0.1, 0.15) is 18.5 Å². The van der Waals surface area contributed by atoms with Crippen LogP contribution in [-0.4, -0.2) is 9.38 Å². The Bertz CT molecular complexity index is 669. The molecule has 18 heavy (non-hydrogen) atoms. The van der Waals surface area contributed by atoms with E-state index in [2.05, 4.69) is 29.4 Å². The number of aromatic nitrogens is 2. The molecule has 0 aliphatic rings. The van der Waals surface area contributed by atoms with Crippen LogP contribution in [0.3, 0.4) is 0 Å². The molecule has 3 nitrogen and oxygen atoms in total. The lowest BCUT2D eigenvalue weighted by Gasteiger charge is -2.13. The second-order valence-corrected chi connectivity index (χ2v) is 4.49. The van der Waals surface area contributed by atoms with E-state index in [0.29, 0.717) is 0 Å². The predicted octanol–water partition coefficient (Wildman–Crippen LogP) is 3.02. The van der Waals surface area contributed by atoms with Crippen LogP contribution in [0.15, 0.2) is 55.0 Å². The Kier molecular flexibility index (Phi) is 2.61. The molecule has 2 aromatic heterocycles. The molecule has 0 unspecified atom stereocenters. The molecular formula is C15H15N3. The molecule has 3 rings (SSSR count).